The summed E-state index contributed by atoms with van der Waals surface area (Å²) in [5, 5.41) is 3.83. The largest absolute Gasteiger partial charge is 0.493 e. The van der Waals surface area contributed by atoms with E-state index in [-0.39, 0.29) is 23.3 Å². The van der Waals surface area contributed by atoms with Gasteiger partial charge in [-0.05, 0) is 31.2 Å². The molecule has 5 rings (SSSR count). The molecule has 1 N–H and O–H groups in total. The third kappa shape index (κ3) is 5.80. The van der Waals surface area contributed by atoms with Crippen LogP contribution >= 0.6 is 11.6 Å². The minimum Gasteiger partial charge on any atom is -0.493 e. The lowest BCUT2D eigenvalue weighted by atomic mass is 10.1. The molecule has 3 aromatic rings. The Morgan fingerprint density at radius 2 is 1.97 bits per heavy atom. The number of hydrogen-bond acceptors (Lipinski definition) is 7. The summed E-state index contributed by atoms with van der Waals surface area (Å²) in [4.78, 5) is 25.6. The molecule has 0 bridgehead atoms. The Bertz CT molecular complexity index is 1290. The third-order valence-electron chi connectivity index (χ3n) is 6.56. The van der Waals surface area contributed by atoms with Crippen LogP contribution in [0.5, 0.6) is 11.5 Å². The third-order valence-corrected chi connectivity index (χ3v) is 6.85. The average molecular weight is 530 g/mol. The van der Waals surface area contributed by atoms with E-state index in [1.54, 1.807) is 25.4 Å². The van der Waals surface area contributed by atoms with E-state index in [1.807, 2.05) is 22.8 Å². The molecule has 9 nitrogen and oxygen atoms in total. The summed E-state index contributed by atoms with van der Waals surface area (Å²) in [5.74, 6) is 1.02. The molecule has 2 aliphatic heterocycles. The van der Waals surface area contributed by atoms with E-state index in [4.69, 9.17) is 25.8 Å². The number of carbonyl (C=O) groups excluding carboxylic acids is 1. The van der Waals surface area contributed by atoms with Crippen LogP contribution in [0, 0.1) is 5.82 Å². The summed E-state index contributed by atoms with van der Waals surface area (Å²) in [6.45, 7) is 5.09. The smallest absolute Gasteiger partial charge is 0.320 e. The maximum absolute atomic E-state index is 13.4. The van der Waals surface area contributed by atoms with E-state index < -0.39 is 5.82 Å². The maximum Gasteiger partial charge on any atom is 0.320 e. The van der Waals surface area contributed by atoms with Gasteiger partial charge in [-0.2, -0.15) is 0 Å². The van der Waals surface area contributed by atoms with Crippen molar-refractivity contribution in [2.45, 2.75) is 32.0 Å². The molecule has 2 fully saturated rings. The van der Waals surface area contributed by atoms with Crippen LogP contribution in [0.15, 0.2) is 36.5 Å². The molecule has 1 unspecified atom stereocenters. The number of ether oxygens (including phenoxy) is 3. The van der Waals surface area contributed by atoms with Gasteiger partial charge in [0.15, 0.2) is 11.5 Å². The van der Waals surface area contributed by atoms with Crippen LogP contribution in [0.3, 0.4) is 0 Å². The second-order valence-corrected chi connectivity index (χ2v) is 9.63. The first kappa shape index (κ1) is 25.3. The Kier molecular flexibility index (Phi) is 7.48. The zero-order valence-electron chi connectivity index (χ0n) is 20.7. The van der Waals surface area contributed by atoms with Gasteiger partial charge < -0.3 is 29.3 Å². The van der Waals surface area contributed by atoms with E-state index in [9.17, 15) is 9.18 Å². The summed E-state index contributed by atoms with van der Waals surface area (Å²) < 4.78 is 30.9. The summed E-state index contributed by atoms with van der Waals surface area (Å²) in [6, 6.07) is 8.05. The molecule has 2 aromatic carbocycles. The standard InChI is InChI=1S/C26H29ClFN5O4/c1-16-15-33(9-10-36-16)26(34)32-7-5-19(6-8-32)37-24-11-17-14-29-25(31-22(17)13-23(24)35-2)30-18-3-4-21(28)20(27)12-18/h3-4,11-14,16,19H,5-10,15H2,1-2H3,(H,29,30,31). The molecule has 11 heteroatoms. The fourth-order valence-corrected chi connectivity index (χ4v) is 4.77. The minimum atomic E-state index is -0.493. The highest BCUT2D eigenvalue weighted by molar-refractivity contribution is 6.31. The zero-order valence-corrected chi connectivity index (χ0v) is 21.5. The lowest BCUT2D eigenvalue weighted by molar-refractivity contribution is -0.0117. The van der Waals surface area contributed by atoms with Crippen molar-refractivity contribution in [2.24, 2.45) is 0 Å². The van der Waals surface area contributed by atoms with E-state index in [1.165, 1.54) is 12.1 Å². The van der Waals surface area contributed by atoms with Crippen LogP contribution in [0.25, 0.3) is 10.9 Å². The molecular formula is C26H29ClFN5O4. The molecule has 0 radical (unpaired) electrons. The van der Waals surface area contributed by atoms with E-state index in [0.717, 1.165) is 18.2 Å². The number of methoxy groups -OCH3 is 1. The number of halogens is 2. The number of aromatic nitrogens is 2. The number of nitrogens with one attached hydrogen (secondary N) is 1. The van der Waals surface area contributed by atoms with Crippen LogP contribution in [-0.4, -0.2) is 77.9 Å². The quantitative estimate of drug-likeness (QED) is 0.505. The Labute approximate surface area is 219 Å². The number of urea groups is 1. The number of amides is 2. The summed E-state index contributed by atoms with van der Waals surface area (Å²) >= 11 is 5.86. The first-order valence-corrected chi connectivity index (χ1v) is 12.7. The average Bonchev–Trinajstić information content (AvgIpc) is 2.90. The Balaban J connectivity index is 1.24. The van der Waals surface area contributed by atoms with Gasteiger partial charge in [0.1, 0.15) is 11.9 Å². The van der Waals surface area contributed by atoms with Crippen molar-refractivity contribution in [3.05, 3.63) is 47.4 Å². The molecule has 1 atom stereocenters. The Morgan fingerprint density at radius 3 is 2.70 bits per heavy atom. The van der Waals surface area contributed by atoms with Crippen molar-refractivity contribution < 1.29 is 23.4 Å². The molecule has 2 amide bonds. The highest BCUT2D eigenvalue weighted by Crippen LogP contribution is 2.34. The fraction of sp³-hybridized carbons (Fsp3) is 0.423. The molecule has 37 heavy (non-hydrogen) atoms. The molecule has 0 spiro atoms. The number of morpholine rings is 1. The predicted octanol–water partition coefficient (Wildman–Crippen LogP) is 4.86. The fourth-order valence-electron chi connectivity index (χ4n) is 4.59. The highest BCUT2D eigenvalue weighted by Gasteiger charge is 2.30. The lowest BCUT2D eigenvalue weighted by Gasteiger charge is -2.38. The van der Waals surface area contributed by atoms with E-state index >= 15 is 0 Å². The highest BCUT2D eigenvalue weighted by atomic mass is 35.5. The summed E-state index contributed by atoms with van der Waals surface area (Å²) in [5.41, 5.74) is 1.24. The number of nitrogens with zero attached hydrogens (tertiary/aromatic N) is 4. The number of carbonyl (C=O) groups is 1. The number of likely N-dealkylation sites (tertiary alicyclic amines) is 1. The topological polar surface area (TPSA) is 89.0 Å². The second-order valence-electron chi connectivity index (χ2n) is 9.22. The van der Waals surface area contributed by atoms with Gasteiger partial charge in [-0.25, -0.2) is 19.2 Å². The molecule has 1 aromatic heterocycles. The normalized spacial score (nSPS) is 18.6. The molecule has 196 valence electrons. The van der Waals surface area contributed by atoms with E-state index in [2.05, 4.69) is 15.3 Å². The van der Waals surface area contributed by atoms with E-state index in [0.29, 0.717) is 61.4 Å². The Hall–Kier alpha value is -3.37. The van der Waals surface area contributed by atoms with Gasteiger partial charge in [-0.3, -0.25) is 0 Å². The van der Waals surface area contributed by atoms with Gasteiger partial charge in [0.25, 0.3) is 0 Å². The predicted molar refractivity (Wildman–Crippen MR) is 138 cm³/mol. The van der Waals surface area contributed by atoms with Gasteiger partial charge in [0, 0.05) is 62.4 Å². The van der Waals surface area contributed by atoms with Crippen LogP contribution < -0.4 is 14.8 Å². The first-order valence-electron chi connectivity index (χ1n) is 12.3. The lowest BCUT2D eigenvalue weighted by Crippen LogP contribution is -2.52. The molecule has 3 heterocycles. The SMILES string of the molecule is COc1cc2nc(Nc3ccc(F)c(Cl)c3)ncc2cc1OC1CCN(C(=O)N2CCOC(C)C2)CC1. The maximum atomic E-state index is 13.4. The van der Waals surface area contributed by atoms with Crippen LogP contribution in [0.1, 0.15) is 19.8 Å². The van der Waals surface area contributed by atoms with Crippen LogP contribution in [-0.2, 0) is 4.74 Å². The molecule has 2 saturated heterocycles. The molecule has 2 aliphatic rings. The van der Waals surface area contributed by atoms with Gasteiger partial charge >= 0.3 is 6.03 Å². The van der Waals surface area contributed by atoms with Gasteiger partial charge in [0.05, 0.1) is 30.4 Å². The number of anilines is 2. The van der Waals surface area contributed by atoms with Crippen molar-refractivity contribution >= 4 is 40.2 Å². The van der Waals surface area contributed by atoms with Gasteiger partial charge in [0.2, 0.25) is 5.95 Å². The number of benzene rings is 2. The number of hydrogen-bond donors (Lipinski definition) is 1. The van der Waals surface area contributed by atoms with Crippen molar-refractivity contribution in [3.8, 4) is 11.5 Å². The molecular weight excluding hydrogens is 501 g/mol. The van der Waals surface area contributed by atoms with Crippen molar-refractivity contribution in [1.82, 2.24) is 19.8 Å². The van der Waals surface area contributed by atoms with Gasteiger partial charge in [-0.1, -0.05) is 11.6 Å². The number of rotatable bonds is 5. The van der Waals surface area contributed by atoms with Crippen molar-refractivity contribution in [3.63, 3.8) is 0 Å². The monoisotopic (exact) mass is 529 g/mol. The van der Waals surface area contributed by atoms with Crippen molar-refractivity contribution in [1.29, 1.82) is 0 Å². The molecule has 0 saturated carbocycles. The summed E-state index contributed by atoms with van der Waals surface area (Å²) in [7, 11) is 1.58. The zero-order chi connectivity index (χ0) is 25.9. The van der Waals surface area contributed by atoms with Crippen LogP contribution in [0.4, 0.5) is 20.8 Å². The summed E-state index contributed by atoms with van der Waals surface area (Å²) in [6.07, 6.45) is 3.17. The van der Waals surface area contributed by atoms with Gasteiger partial charge in [-0.15, -0.1) is 0 Å². The molecule has 0 aliphatic carbocycles. The van der Waals surface area contributed by atoms with Crippen molar-refractivity contribution in [2.75, 3.05) is 45.2 Å². The van der Waals surface area contributed by atoms with Crippen LogP contribution in [0.2, 0.25) is 5.02 Å². The number of fused-ring (bicyclic) bond motifs is 1. The number of piperidine rings is 1. The first-order chi connectivity index (χ1) is 17.9. The minimum absolute atomic E-state index is 0.0140. The second kappa shape index (κ2) is 10.9. The Morgan fingerprint density at radius 1 is 1.16 bits per heavy atom.